The molecule has 1 aliphatic rings. The second kappa shape index (κ2) is 4.59. The Bertz CT molecular complexity index is 423. The van der Waals surface area contributed by atoms with Crippen LogP contribution in [-0.4, -0.2) is 10.8 Å². The second-order valence-corrected chi connectivity index (χ2v) is 5.90. The number of hydrogen-bond acceptors (Lipinski definition) is 2. The molecule has 0 N–H and O–H groups in total. The topological polar surface area (TPSA) is 30.0 Å². The predicted molar refractivity (Wildman–Crippen MR) is 69.0 cm³/mol. The maximum absolute atomic E-state index is 12.5. The molecule has 1 saturated carbocycles. The summed E-state index contributed by atoms with van der Waals surface area (Å²) >= 11 is 0. The molecule has 2 heteroatoms. The average Bonchev–Trinajstić information content (AvgIpc) is 2.27. The average molecular weight is 231 g/mol. The van der Waals surface area contributed by atoms with Crippen molar-refractivity contribution in [2.45, 2.75) is 46.5 Å². The maximum Gasteiger partial charge on any atom is 0.168 e. The Hall–Kier alpha value is -1.18. The van der Waals surface area contributed by atoms with Gasteiger partial charge in [0.2, 0.25) is 0 Å². The fraction of sp³-hybridized carbons (Fsp3) is 0.600. The van der Waals surface area contributed by atoms with Crippen LogP contribution in [0.4, 0.5) is 0 Å². The number of nitrogens with zero attached hydrogens (tertiary/aromatic N) is 1. The van der Waals surface area contributed by atoms with Crippen molar-refractivity contribution in [2.24, 2.45) is 11.3 Å². The Labute approximate surface area is 103 Å². The van der Waals surface area contributed by atoms with E-state index in [1.165, 1.54) is 12.8 Å². The van der Waals surface area contributed by atoms with Gasteiger partial charge in [0.1, 0.15) is 0 Å². The van der Waals surface area contributed by atoms with Gasteiger partial charge in [-0.15, -0.1) is 0 Å². The Balaban J connectivity index is 2.25. The lowest BCUT2D eigenvalue weighted by Gasteiger charge is -2.37. The molecular formula is C15H21NO. The van der Waals surface area contributed by atoms with Crippen molar-refractivity contribution in [3.05, 3.63) is 29.6 Å². The molecule has 2 nitrogen and oxygen atoms in total. The van der Waals surface area contributed by atoms with E-state index in [1.807, 2.05) is 13.0 Å². The van der Waals surface area contributed by atoms with Crippen molar-refractivity contribution in [1.82, 2.24) is 4.98 Å². The van der Waals surface area contributed by atoms with Gasteiger partial charge in [-0.2, -0.15) is 0 Å². The molecule has 0 aliphatic heterocycles. The number of aromatic nitrogens is 1. The van der Waals surface area contributed by atoms with Crippen LogP contribution in [0.25, 0.3) is 0 Å². The van der Waals surface area contributed by atoms with Gasteiger partial charge in [-0.3, -0.25) is 9.78 Å². The van der Waals surface area contributed by atoms with Crippen molar-refractivity contribution in [3.63, 3.8) is 0 Å². The number of carbonyl (C=O) groups is 1. The van der Waals surface area contributed by atoms with Crippen LogP contribution < -0.4 is 0 Å². The first-order chi connectivity index (χ1) is 8.00. The van der Waals surface area contributed by atoms with Crippen LogP contribution in [0, 0.1) is 18.3 Å². The third-order valence-corrected chi connectivity index (χ3v) is 3.98. The monoisotopic (exact) mass is 231 g/mol. The normalized spacial score (nSPS) is 23.4. The zero-order chi connectivity index (χ0) is 12.5. The summed E-state index contributed by atoms with van der Waals surface area (Å²) in [5, 5.41) is 0. The first-order valence-electron chi connectivity index (χ1n) is 6.46. The minimum absolute atomic E-state index is 0.138. The highest BCUT2D eigenvalue weighted by Gasteiger charge is 2.37. The maximum atomic E-state index is 12.5. The fourth-order valence-electron chi connectivity index (χ4n) is 2.87. The largest absolute Gasteiger partial charge is 0.294 e. The summed E-state index contributed by atoms with van der Waals surface area (Å²) < 4.78 is 0. The van der Waals surface area contributed by atoms with Crippen molar-refractivity contribution >= 4 is 5.78 Å². The molecule has 1 fully saturated rings. The highest BCUT2D eigenvalue weighted by molar-refractivity contribution is 5.98. The lowest BCUT2D eigenvalue weighted by molar-refractivity contribution is 0.0697. The lowest BCUT2D eigenvalue weighted by atomic mass is 9.66. The van der Waals surface area contributed by atoms with Crippen LogP contribution in [0.15, 0.2) is 18.5 Å². The molecule has 1 unspecified atom stereocenters. The van der Waals surface area contributed by atoms with Crippen LogP contribution in [-0.2, 0) is 0 Å². The Kier molecular flexibility index (Phi) is 3.32. The van der Waals surface area contributed by atoms with Crippen LogP contribution in [0.2, 0.25) is 0 Å². The van der Waals surface area contributed by atoms with E-state index in [1.54, 1.807) is 12.4 Å². The molecule has 0 bridgehead atoms. The molecule has 0 amide bonds. The van der Waals surface area contributed by atoms with Gasteiger partial charge in [-0.1, -0.05) is 26.7 Å². The summed E-state index contributed by atoms with van der Waals surface area (Å²) in [6, 6.07) is 1.96. The van der Waals surface area contributed by atoms with E-state index in [0.717, 1.165) is 24.0 Å². The molecule has 1 aromatic heterocycles. The van der Waals surface area contributed by atoms with E-state index in [2.05, 4.69) is 18.8 Å². The first-order valence-corrected chi connectivity index (χ1v) is 6.46. The molecule has 92 valence electrons. The van der Waals surface area contributed by atoms with Crippen molar-refractivity contribution in [3.8, 4) is 0 Å². The molecular weight excluding hydrogens is 210 g/mol. The summed E-state index contributed by atoms with van der Waals surface area (Å²) in [6.45, 7) is 6.42. The highest BCUT2D eigenvalue weighted by atomic mass is 16.1. The summed E-state index contributed by atoms with van der Waals surface area (Å²) in [5.74, 6) is 0.450. The molecule has 1 heterocycles. The second-order valence-electron chi connectivity index (χ2n) is 5.90. The van der Waals surface area contributed by atoms with E-state index in [0.29, 0.717) is 0 Å². The zero-order valence-corrected chi connectivity index (χ0v) is 11.0. The number of aryl methyl sites for hydroxylation is 1. The molecule has 0 aromatic carbocycles. The number of rotatable bonds is 2. The number of ketones is 1. The summed E-state index contributed by atoms with van der Waals surface area (Å²) in [6.07, 6.45) is 8.12. The molecule has 0 spiro atoms. The highest BCUT2D eigenvalue weighted by Crippen LogP contribution is 2.42. The standard InChI is InChI=1S/C15H21NO/c1-11-8-12(10-16-9-11)14(17)13-6-4-5-7-15(13,2)3/h8-10,13H,4-7H2,1-3H3. The van der Waals surface area contributed by atoms with Gasteiger partial charge >= 0.3 is 0 Å². The van der Waals surface area contributed by atoms with E-state index in [9.17, 15) is 4.79 Å². The van der Waals surface area contributed by atoms with Crippen LogP contribution in [0.5, 0.6) is 0 Å². The smallest absolute Gasteiger partial charge is 0.168 e. The van der Waals surface area contributed by atoms with E-state index >= 15 is 0 Å². The molecule has 1 aromatic rings. The molecule has 0 saturated heterocycles. The predicted octanol–water partition coefficient (Wildman–Crippen LogP) is 3.79. The third-order valence-electron chi connectivity index (χ3n) is 3.98. The quantitative estimate of drug-likeness (QED) is 0.725. The van der Waals surface area contributed by atoms with Gasteiger partial charge in [-0.25, -0.2) is 0 Å². The summed E-state index contributed by atoms with van der Waals surface area (Å²) in [5.41, 5.74) is 1.98. The Morgan fingerprint density at radius 3 is 2.76 bits per heavy atom. The van der Waals surface area contributed by atoms with Crippen molar-refractivity contribution < 1.29 is 4.79 Å². The summed E-state index contributed by atoms with van der Waals surface area (Å²) in [7, 11) is 0. The van der Waals surface area contributed by atoms with Crippen molar-refractivity contribution in [1.29, 1.82) is 0 Å². The SMILES string of the molecule is Cc1cncc(C(=O)C2CCCCC2(C)C)c1. The molecule has 0 radical (unpaired) electrons. The first kappa shape index (κ1) is 12.3. The van der Waals surface area contributed by atoms with Crippen LogP contribution in [0.1, 0.15) is 55.5 Å². The van der Waals surface area contributed by atoms with Gasteiger partial charge in [-0.05, 0) is 36.8 Å². The van der Waals surface area contributed by atoms with Gasteiger partial charge in [0, 0.05) is 23.9 Å². The molecule has 1 aliphatic carbocycles. The van der Waals surface area contributed by atoms with E-state index < -0.39 is 0 Å². The van der Waals surface area contributed by atoms with E-state index in [4.69, 9.17) is 0 Å². The summed E-state index contributed by atoms with van der Waals surface area (Å²) in [4.78, 5) is 16.7. The van der Waals surface area contributed by atoms with Gasteiger partial charge in [0.25, 0.3) is 0 Å². The van der Waals surface area contributed by atoms with Gasteiger partial charge < -0.3 is 0 Å². The van der Waals surface area contributed by atoms with Gasteiger partial charge in [0.05, 0.1) is 0 Å². The molecule has 17 heavy (non-hydrogen) atoms. The number of pyridine rings is 1. The number of hydrogen-bond donors (Lipinski definition) is 0. The van der Waals surface area contributed by atoms with E-state index in [-0.39, 0.29) is 17.1 Å². The minimum atomic E-state index is 0.138. The fourth-order valence-corrected chi connectivity index (χ4v) is 2.87. The van der Waals surface area contributed by atoms with Crippen molar-refractivity contribution in [2.75, 3.05) is 0 Å². The molecule has 2 rings (SSSR count). The number of Topliss-reactive ketones (excluding diaryl/α,β-unsaturated/α-hetero) is 1. The Morgan fingerprint density at radius 1 is 1.35 bits per heavy atom. The Morgan fingerprint density at radius 2 is 2.12 bits per heavy atom. The lowest BCUT2D eigenvalue weighted by Crippen LogP contribution is -2.34. The van der Waals surface area contributed by atoms with Crippen LogP contribution >= 0.6 is 0 Å². The van der Waals surface area contributed by atoms with Crippen LogP contribution in [0.3, 0.4) is 0 Å². The number of carbonyl (C=O) groups excluding carboxylic acids is 1. The minimum Gasteiger partial charge on any atom is -0.294 e. The van der Waals surface area contributed by atoms with Gasteiger partial charge in [0.15, 0.2) is 5.78 Å². The molecule has 1 atom stereocenters. The zero-order valence-electron chi connectivity index (χ0n) is 11.0. The third kappa shape index (κ3) is 2.56.